The minimum atomic E-state index is -4.77. The average Bonchev–Trinajstić information content (AvgIpc) is 3.03. The van der Waals surface area contributed by atoms with Crippen molar-refractivity contribution in [1.29, 1.82) is 0 Å². The van der Waals surface area contributed by atoms with Gasteiger partial charge in [-0.25, -0.2) is 8.42 Å². The fourth-order valence-corrected chi connectivity index (χ4v) is 4.39. The first-order chi connectivity index (χ1) is 15.9. The van der Waals surface area contributed by atoms with Crippen molar-refractivity contribution in [3.05, 3.63) is 77.0 Å². The summed E-state index contributed by atoms with van der Waals surface area (Å²) >= 11 is 0. The van der Waals surface area contributed by atoms with E-state index in [-0.39, 0.29) is 18.2 Å². The molecule has 1 aliphatic rings. The molecule has 7 nitrogen and oxygen atoms in total. The highest BCUT2D eigenvalue weighted by molar-refractivity contribution is 7.92. The van der Waals surface area contributed by atoms with Crippen LogP contribution in [0, 0.1) is 6.92 Å². The molecule has 0 saturated carbocycles. The van der Waals surface area contributed by atoms with Gasteiger partial charge >= 0.3 is 6.36 Å². The van der Waals surface area contributed by atoms with Crippen molar-refractivity contribution in [1.82, 2.24) is 9.88 Å². The fraction of sp³-hybridized carbons (Fsp3) is 0.217. The Morgan fingerprint density at radius 3 is 2.47 bits per heavy atom. The highest BCUT2D eigenvalue weighted by Gasteiger charge is 2.32. The van der Waals surface area contributed by atoms with Crippen molar-refractivity contribution in [3.8, 4) is 17.0 Å². The number of anilines is 1. The Bertz CT molecular complexity index is 1360. The van der Waals surface area contributed by atoms with Gasteiger partial charge in [0.15, 0.2) is 0 Å². The van der Waals surface area contributed by atoms with Crippen LogP contribution in [0.25, 0.3) is 11.3 Å². The molecule has 0 saturated heterocycles. The minimum Gasteiger partial charge on any atom is -0.406 e. The van der Waals surface area contributed by atoms with E-state index in [1.807, 2.05) is 0 Å². The summed E-state index contributed by atoms with van der Waals surface area (Å²) in [5.41, 5.74) is 4.13. The summed E-state index contributed by atoms with van der Waals surface area (Å²) in [5, 5.41) is 0. The van der Waals surface area contributed by atoms with E-state index in [2.05, 4.69) is 14.4 Å². The maximum Gasteiger partial charge on any atom is 0.573 e. The molecule has 34 heavy (non-hydrogen) atoms. The predicted molar refractivity (Wildman–Crippen MR) is 120 cm³/mol. The highest BCUT2D eigenvalue weighted by Crippen LogP contribution is 2.31. The number of sulfonamides is 1. The minimum absolute atomic E-state index is 0.211. The zero-order valence-corrected chi connectivity index (χ0v) is 19.0. The molecular weight excluding hydrogens is 471 g/mol. The van der Waals surface area contributed by atoms with Gasteiger partial charge in [-0.1, -0.05) is 24.3 Å². The zero-order chi connectivity index (χ0) is 24.7. The summed E-state index contributed by atoms with van der Waals surface area (Å²) in [6, 6.07) is 14.0. The molecule has 0 atom stereocenters. The Morgan fingerprint density at radius 2 is 1.82 bits per heavy atom. The van der Waals surface area contributed by atoms with E-state index in [4.69, 9.17) is 0 Å². The summed E-state index contributed by atoms with van der Waals surface area (Å²) in [4.78, 5) is 19.1. The number of hydrogen-bond donors (Lipinski definition) is 1. The number of alkyl halides is 3. The third kappa shape index (κ3) is 5.48. The molecule has 1 amide bonds. The second-order valence-electron chi connectivity index (χ2n) is 7.94. The van der Waals surface area contributed by atoms with E-state index in [0.29, 0.717) is 40.3 Å². The first-order valence-corrected chi connectivity index (χ1v) is 12.0. The van der Waals surface area contributed by atoms with Gasteiger partial charge in [0, 0.05) is 24.3 Å². The smallest absolute Gasteiger partial charge is 0.406 e. The average molecular weight is 491 g/mol. The van der Waals surface area contributed by atoms with Crippen LogP contribution in [0.5, 0.6) is 5.75 Å². The Hall–Kier alpha value is -3.60. The van der Waals surface area contributed by atoms with Crippen molar-refractivity contribution < 1.29 is 31.1 Å². The number of rotatable bonds is 6. The highest BCUT2D eigenvalue weighted by atomic mass is 32.2. The lowest BCUT2D eigenvalue weighted by atomic mass is 10.0. The van der Waals surface area contributed by atoms with Crippen molar-refractivity contribution in [2.75, 3.05) is 11.0 Å². The lowest BCUT2D eigenvalue weighted by molar-refractivity contribution is -0.274. The van der Waals surface area contributed by atoms with Crippen LogP contribution in [-0.4, -0.2) is 36.8 Å². The summed E-state index contributed by atoms with van der Waals surface area (Å²) in [6.45, 7) is 2.25. The van der Waals surface area contributed by atoms with Crippen LogP contribution in [0.1, 0.15) is 27.2 Å². The molecule has 11 heteroatoms. The van der Waals surface area contributed by atoms with Crippen molar-refractivity contribution >= 4 is 21.6 Å². The normalized spacial score (nSPS) is 13.7. The SMILES string of the molecule is Cc1nc(-c2cccc(NS(C)(=O)=O)c2)cc2c1C(=O)N(Cc1ccc(OC(F)(F)F)cc1)C2. The van der Waals surface area contributed by atoms with Gasteiger partial charge in [0.2, 0.25) is 10.0 Å². The first kappa shape index (κ1) is 23.6. The number of halogens is 3. The summed E-state index contributed by atoms with van der Waals surface area (Å²) in [5.74, 6) is -0.542. The molecule has 0 radical (unpaired) electrons. The van der Waals surface area contributed by atoms with Crippen LogP contribution < -0.4 is 9.46 Å². The van der Waals surface area contributed by atoms with E-state index >= 15 is 0 Å². The molecule has 2 heterocycles. The number of carbonyl (C=O) groups excluding carboxylic acids is 1. The van der Waals surface area contributed by atoms with Crippen molar-refractivity contribution in [2.45, 2.75) is 26.4 Å². The van der Waals surface area contributed by atoms with Crippen LogP contribution in [0.4, 0.5) is 18.9 Å². The van der Waals surface area contributed by atoms with Crippen LogP contribution >= 0.6 is 0 Å². The molecule has 1 aliphatic heterocycles. The van der Waals surface area contributed by atoms with E-state index in [1.165, 1.54) is 24.3 Å². The molecule has 1 N–H and O–H groups in total. The summed E-state index contributed by atoms with van der Waals surface area (Å²) in [7, 11) is -3.44. The molecular formula is C23H20F3N3O4S. The lowest BCUT2D eigenvalue weighted by Gasteiger charge is -2.16. The van der Waals surface area contributed by atoms with Gasteiger partial charge in [-0.3, -0.25) is 14.5 Å². The van der Waals surface area contributed by atoms with Crippen molar-refractivity contribution in [3.63, 3.8) is 0 Å². The maximum absolute atomic E-state index is 13.0. The third-order valence-electron chi connectivity index (χ3n) is 5.14. The monoisotopic (exact) mass is 491 g/mol. The molecule has 0 unspecified atom stereocenters. The first-order valence-electron chi connectivity index (χ1n) is 10.1. The zero-order valence-electron chi connectivity index (χ0n) is 18.2. The Morgan fingerprint density at radius 1 is 1.12 bits per heavy atom. The molecule has 2 aromatic carbocycles. The van der Waals surface area contributed by atoms with Gasteiger partial charge in [0.05, 0.1) is 23.2 Å². The van der Waals surface area contributed by atoms with Crippen LogP contribution in [0.2, 0.25) is 0 Å². The Balaban J connectivity index is 1.54. The molecule has 178 valence electrons. The number of amides is 1. The number of ether oxygens (including phenoxy) is 1. The number of nitrogens with one attached hydrogen (secondary N) is 1. The number of fused-ring (bicyclic) bond motifs is 1. The van der Waals surface area contributed by atoms with Gasteiger partial charge in [-0.2, -0.15) is 0 Å². The fourth-order valence-electron chi connectivity index (χ4n) is 3.84. The van der Waals surface area contributed by atoms with Gasteiger partial charge in [0.1, 0.15) is 5.75 Å². The molecule has 4 rings (SSSR count). The number of pyridine rings is 1. The summed E-state index contributed by atoms with van der Waals surface area (Å²) in [6.07, 6.45) is -3.70. The Labute approximate surface area is 194 Å². The van der Waals surface area contributed by atoms with Crippen LogP contribution in [0.15, 0.2) is 54.6 Å². The van der Waals surface area contributed by atoms with Crippen molar-refractivity contribution in [2.24, 2.45) is 0 Å². The molecule has 0 aliphatic carbocycles. The number of carbonyl (C=O) groups is 1. The molecule has 3 aromatic rings. The predicted octanol–water partition coefficient (Wildman–Crippen LogP) is 4.48. The quantitative estimate of drug-likeness (QED) is 0.549. The number of nitrogens with zero attached hydrogens (tertiary/aromatic N) is 2. The standard InChI is InChI=1S/C23H20F3N3O4S/c1-14-21-17(11-20(27-14)16-4-3-5-18(10-16)28-34(2,31)32)13-29(22(21)30)12-15-6-8-19(9-7-15)33-23(24,25)26/h3-11,28H,12-13H2,1-2H3. The van der Waals surface area contributed by atoms with Gasteiger partial charge in [-0.15, -0.1) is 13.2 Å². The van der Waals surface area contributed by atoms with Crippen LogP contribution in [0.3, 0.4) is 0 Å². The van der Waals surface area contributed by atoms with Gasteiger partial charge < -0.3 is 9.64 Å². The second-order valence-corrected chi connectivity index (χ2v) is 9.68. The lowest BCUT2D eigenvalue weighted by Crippen LogP contribution is -2.23. The third-order valence-corrected chi connectivity index (χ3v) is 5.74. The van der Waals surface area contributed by atoms with E-state index in [0.717, 1.165) is 11.8 Å². The van der Waals surface area contributed by atoms with E-state index < -0.39 is 16.4 Å². The second kappa shape index (κ2) is 8.64. The molecule has 0 spiro atoms. The molecule has 0 bridgehead atoms. The number of aryl methyl sites for hydroxylation is 1. The number of hydrogen-bond acceptors (Lipinski definition) is 5. The summed E-state index contributed by atoms with van der Waals surface area (Å²) < 4.78 is 66.4. The topological polar surface area (TPSA) is 88.6 Å². The number of aromatic nitrogens is 1. The molecule has 0 fully saturated rings. The maximum atomic E-state index is 13.0. The van der Waals surface area contributed by atoms with E-state index in [9.17, 15) is 26.4 Å². The van der Waals surface area contributed by atoms with E-state index in [1.54, 1.807) is 42.2 Å². The molecule has 1 aromatic heterocycles. The number of benzene rings is 2. The van der Waals surface area contributed by atoms with Gasteiger partial charge in [-0.05, 0) is 48.4 Å². The van der Waals surface area contributed by atoms with Gasteiger partial charge in [0.25, 0.3) is 5.91 Å². The Kier molecular flexibility index (Phi) is 5.98. The largest absolute Gasteiger partial charge is 0.573 e. The van der Waals surface area contributed by atoms with Crippen LogP contribution in [-0.2, 0) is 23.1 Å².